The van der Waals surface area contributed by atoms with Crippen LogP contribution >= 0.6 is 0 Å². The molecule has 6 saturated carbocycles. The Morgan fingerprint density at radius 1 is 0.909 bits per heavy atom. The predicted octanol–water partition coefficient (Wildman–Crippen LogP) is 0.735. The standard InChI is InChI=1S/C10H12O/c1-10-6-2-3(6)5-8(10)7(10)4(2)9(5)11/h2-9,11H,1H3/t2-,3+,4+,5-,6?,7-,8-,9?,10?/m1/s1. The van der Waals surface area contributed by atoms with Gasteiger partial charge in [-0.1, -0.05) is 6.92 Å². The van der Waals surface area contributed by atoms with E-state index in [0.717, 1.165) is 46.8 Å². The minimum atomic E-state index is 0.145. The molecule has 0 spiro atoms. The van der Waals surface area contributed by atoms with Crippen molar-refractivity contribution >= 4 is 0 Å². The molecular formula is C10H12O. The quantitative estimate of drug-likeness (QED) is 0.537. The van der Waals surface area contributed by atoms with Crippen molar-refractivity contribution in [3.8, 4) is 0 Å². The van der Waals surface area contributed by atoms with Crippen molar-refractivity contribution in [3.63, 3.8) is 0 Å². The summed E-state index contributed by atoms with van der Waals surface area (Å²) >= 11 is 0. The maximum absolute atomic E-state index is 9.86. The largest absolute Gasteiger partial charge is 0.393 e. The molecule has 1 N–H and O–H groups in total. The first-order chi connectivity index (χ1) is 5.28. The van der Waals surface area contributed by atoms with Crippen LogP contribution in [0.4, 0.5) is 0 Å². The summed E-state index contributed by atoms with van der Waals surface area (Å²) < 4.78 is 0. The fraction of sp³-hybridized carbons (Fsp3) is 1.00. The van der Waals surface area contributed by atoms with Crippen molar-refractivity contribution in [2.24, 2.45) is 46.8 Å². The van der Waals surface area contributed by atoms with Crippen molar-refractivity contribution in [1.82, 2.24) is 0 Å². The van der Waals surface area contributed by atoms with E-state index in [-0.39, 0.29) is 6.10 Å². The van der Waals surface area contributed by atoms with Gasteiger partial charge < -0.3 is 5.11 Å². The third-order valence-electron chi connectivity index (χ3n) is 6.07. The highest BCUT2D eigenvalue weighted by atomic mass is 16.3. The molecule has 0 aromatic rings. The van der Waals surface area contributed by atoms with Crippen LogP contribution in [0.25, 0.3) is 0 Å². The van der Waals surface area contributed by atoms with E-state index in [4.69, 9.17) is 0 Å². The number of hydrogen-bond acceptors (Lipinski definition) is 1. The monoisotopic (exact) mass is 148 g/mol. The summed E-state index contributed by atoms with van der Waals surface area (Å²) in [7, 11) is 0. The fourth-order valence-electron chi connectivity index (χ4n) is 6.15. The van der Waals surface area contributed by atoms with Crippen LogP contribution in [0.5, 0.6) is 0 Å². The molecule has 0 aromatic carbocycles. The molecule has 0 heterocycles. The van der Waals surface area contributed by atoms with Crippen molar-refractivity contribution in [3.05, 3.63) is 0 Å². The summed E-state index contributed by atoms with van der Waals surface area (Å²) in [6.45, 7) is 2.49. The van der Waals surface area contributed by atoms with Crippen LogP contribution in [-0.4, -0.2) is 11.2 Å². The number of aliphatic hydroxyl groups is 1. The van der Waals surface area contributed by atoms with Crippen LogP contribution in [-0.2, 0) is 0 Å². The summed E-state index contributed by atoms with van der Waals surface area (Å²) in [5, 5.41) is 9.86. The lowest BCUT2D eigenvalue weighted by Gasteiger charge is -2.12. The number of rotatable bonds is 0. The van der Waals surface area contributed by atoms with Gasteiger partial charge in [0, 0.05) is 0 Å². The first-order valence-electron chi connectivity index (χ1n) is 4.96. The number of aliphatic hydroxyl groups excluding tert-OH is 1. The molecule has 0 amide bonds. The van der Waals surface area contributed by atoms with E-state index in [0.29, 0.717) is 0 Å². The molecule has 58 valence electrons. The Labute approximate surface area is 65.8 Å². The normalized spacial score (nSPS) is 96.5. The summed E-state index contributed by atoms with van der Waals surface area (Å²) in [5.41, 5.74) is 0.768. The van der Waals surface area contributed by atoms with Gasteiger partial charge in [-0.15, -0.1) is 0 Å². The summed E-state index contributed by atoms with van der Waals surface area (Å²) in [6.07, 6.45) is 0.145. The smallest absolute Gasteiger partial charge is 0.0608 e. The molecule has 0 saturated heterocycles. The van der Waals surface area contributed by atoms with E-state index in [1.165, 1.54) is 0 Å². The van der Waals surface area contributed by atoms with Crippen LogP contribution in [0.3, 0.4) is 0 Å². The van der Waals surface area contributed by atoms with Crippen molar-refractivity contribution < 1.29 is 5.11 Å². The zero-order valence-electron chi connectivity index (χ0n) is 6.57. The van der Waals surface area contributed by atoms with E-state index < -0.39 is 0 Å². The Morgan fingerprint density at radius 3 is 1.73 bits per heavy atom. The van der Waals surface area contributed by atoms with Gasteiger partial charge in [0.15, 0.2) is 0 Å². The highest BCUT2D eigenvalue weighted by Crippen LogP contribution is 2.99. The second-order valence-corrected chi connectivity index (χ2v) is 5.74. The Bertz CT molecular complexity index is 273. The molecule has 1 nitrogen and oxygen atoms in total. The Hall–Kier alpha value is -0.0400. The van der Waals surface area contributed by atoms with Crippen molar-refractivity contribution in [2.75, 3.05) is 0 Å². The SMILES string of the molecule is CC12C3[C@@H]4[C@H]3[C@H]3C(O)[C@@H]4[C@@H]1[C@@H]32. The van der Waals surface area contributed by atoms with E-state index in [1.807, 2.05) is 0 Å². The van der Waals surface area contributed by atoms with Gasteiger partial charge in [0.2, 0.25) is 0 Å². The molecule has 6 aliphatic rings. The second kappa shape index (κ2) is 0.891. The number of hydrogen-bond donors (Lipinski definition) is 1. The van der Waals surface area contributed by atoms with E-state index in [2.05, 4.69) is 6.92 Å². The molecule has 1 heteroatoms. The topological polar surface area (TPSA) is 20.2 Å². The molecular weight excluding hydrogens is 136 g/mol. The minimum absolute atomic E-state index is 0.145. The van der Waals surface area contributed by atoms with E-state index >= 15 is 0 Å². The van der Waals surface area contributed by atoms with Crippen LogP contribution < -0.4 is 0 Å². The molecule has 6 aliphatic carbocycles. The van der Waals surface area contributed by atoms with Gasteiger partial charge in [0.25, 0.3) is 0 Å². The first kappa shape index (κ1) is 4.86. The molecule has 0 radical (unpaired) electrons. The average Bonchev–Trinajstić information content (AvgIpc) is 2.73. The molecule has 9 atom stereocenters. The van der Waals surface area contributed by atoms with Crippen LogP contribution in [0.2, 0.25) is 0 Å². The van der Waals surface area contributed by atoms with E-state index in [1.54, 1.807) is 0 Å². The zero-order chi connectivity index (χ0) is 7.12. The third kappa shape index (κ3) is 0.217. The Morgan fingerprint density at radius 2 is 1.45 bits per heavy atom. The average molecular weight is 148 g/mol. The van der Waals surface area contributed by atoms with Gasteiger partial charge in [-0.3, -0.25) is 0 Å². The molecule has 0 aromatic heterocycles. The lowest BCUT2D eigenvalue weighted by molar-refractivity contribution is 0.0978. The van der Waals surface area contributed by atoms with Gasteiger partial charge in [-0.2, -0.15) is 0 Å². The summed E-state index contributed by atoms with van der Waals surface area (Å²) in [6, 6.07) is 0. The lowest BCUT2D eigenvalue weighted by Crippen LogP contribution is -2.18. The summed E-state index contributed by atoms with van der Waals surface area (Å²) in [4.78, 5) is 0. The van der Waals surface area contributed by atoms with Crippen molar-refractivity contribution in [2.45, 2.75) is 13.0 Å². The Balaban J connectivity index is 1.90. The van der Waals surface area contributed by atoms with Crippen LogP contribution in [0.1, 0.15) is 6.92 Å². The van der Waals surface area contributed by atoms with Crippen molar-refractivity contribution in [1.29, 1.82) is 0 Å². The highest BCUT2D eigenvalue weighted by molar-refractivity contribution is 5.44. The maximum atomic E-state index is 9.86. The fourth-order valence-corrected chi connectivity index (χ4v) is 6.15. The Kier molecular flexibility index (Phi) is 0.393. The third-order valence-corrected chi connectivity index (χ3v) is 6.07. The minimum Gasteiger partial charge on any atom is -0.393 e. The second-order valence-electron chi connectivity index (χ2n) is 5.74. The molecule has 11 heavy (non-hydrogen) atoms. The molecule has 0 aliphatic heterocycles. The molecule has 6 rings (SSSR count). The molecule has 6 fully saturated rings. The summed E-state index contributed by atoms with van der Waals surface area (Å²) in [5.74, 6) is 6.65. The van der Waals surface area contributed by atoms with Gasteiger partial charge >= 0.3 is 0 Å². The lowest BCUT2D eigenvalue weighted by atomic mass is 9.99. The van der Waals surface area contributed by atoms with Gasteiger partial charge in [-0.25, -0.2) is 0 Å². The van der Waals surface area contributed by atoms with Crippen LogP contribution in [0, 0.1) is 46.8 Å². The predicted molar refractivity (Wildman–Crippen MR) is 38.5 cm³/mol. The maximum Gasteiger partial charge on any atom is 0.0608 e. The molecule has 3 unspecified atom stereocenters. The van der Waals surface area contributed by atoms with Gasteiger partial charge in [0.05, 0.1) is 6.10 Å². The molecule has 2 bridgehead atoms. The highest BCUT2D eigenvalue weighted by Gasteiger charge is 2.98. The van der Waals surface area contributed by atoms with Gasteiger partial charge in [-0.05, 0) is 46.8 Å². The van der Waals surface area contributed by atoms with Crippen LogP contribution in [0.15, 0.2) is 0 Å². The van der Waals surface area contributed by atoms with E-state index in [9.17, 15) is 5.11 Å². The zero-order valence-corrected chi connectivity index (χ0v) is 6.57. The van der Waals surface area contributed by atoms with Gasteiger partial charge in [0.1, 0.15) is 0 Å². The first-order valence-corrected chi connectivity index (χ1v) is 4.96.